The van der Waals surface area contributed by atoms with Gasteiger partial charge in [-0.1, -0.05) is 38.5 Å². The maximum absolute atomic E-state index is 11.4. The average molecular weight is 409 g/mol. The van der Waals surface area contributed by atoms with Crippen LogP contribution in [-0.2, 0) is 19.7 Å². The van der Waals surface area contributed by atoms with Crippen LogP contribution in [-0.4, -0.2) is 88.9 Å². The summed E-state index contributed by atoms with van der Waals surface area (Å²) in [6.07, 6.45) is 9.96. The van der Waals surface area contributed by atoms with Gasteiger partial charge in [-0.05, 0) is 25.9 Å². The standard InChI is InChI=1S/C18H36N2O4S2/c21-25(22)15-11-19(12-16-25)9-7-5-3-1-2-4-6-8-10-20-13-17-26(23,24)18-14-20/h1-18H2. The van der Waals surface area contributed by atoms with Crippen molar-refractivity contribution >= 4 is 19.7 Å². The molecule has 2 rings (SSSR count). The molecule has 154 valence electrons. The Bertz CT molecular complexity index is 523. The van der Waals surface area contributed by atoms with Crippen molar-refractivity contribution in [2.24, 2.45) is 0 Å². The molecule has 0 aromatic rings. The molecule has 2 aliphatic rings. The zero-order valence-electron chi connectivity index (χ0n) is 16.1. The van der Waals surface area contributed by atoms with E-state index in [2.05, 4.69) is 9.80 Å². The number of hydrogen-bond donors (Lipinski definition) is 0. The summed E-state index contributed by atoms with van der Waals surface area (Å²) in [7, 11) is -5.50. The Morgan fingerprint density at radius 2 is 0.731 bits per heavy atom. The van der Waals surface area contributed by atoms with Gasteiger partial charge in [0.2, 0.25) is 0 Å². The molecule has 0 radical (unpaired) electrons. The molecule has 0 aliphatic carbocycles. The maximum atomic E-state index is 11.4. The van der Waals surface area contributed by atoms with Gasteiger partial charge in [0.15, 0.2) is 19.7 Å². The highest BCUT2D eigenvalue weighted by molar-refractivity contribution is 7.91. The molecule has 0 atom stereocenters. The Hall–Kier alpha value is -0.180. The maximum Gasteiger partial charge on any atom is 0.152 e. The molecular weight excluding hydrogens is 372 g/mol. The van der Waals surface area contributed by atoms with Crippen LogP contribution in [0.5, 0.6) is 0 Å². The van der Waals surface area contributed by atoms with E-state index < -0.39 is 19.7 Å². The minimum absolute atomic E-state index is 0.334. The Balaban J connectivity index is 1.34. The summed E-state index contributed by atoms with van der Waals surface area (Å²) < 4.78 is 45.5. The molecule has 6 nitrogen and oxygen atoms in total. The fourth-order valence-electron chi connectivity index (χ4n) is 3.68. The third-order valence-electron chi connectivity index (χ3n) is 5.57. The van der Waals surface area contributed by atoms with Gasteiger partial charge in [-0.15, -0.1) is 0 Å². The van der Waals surface area contributed by atoms with Crippen molar-refractivity contribution in [1.29, 1.82) is 0 Å². The molecule has 0 unspecified atom stereocenters. The molecule has 8 heteroatoms. The largest absolute Gasteiger partial charge is 0.301 e. The minimum Gasteiger partial charge on any atom is -0.301 e. The van der Waals surface area contributed by atoms with Crippen LogP contribution in [0.25, 0.3) is 0 Å². The molecule has 0 saturated carbocycles. The van der Waals surface area contributed by atoms with Crippen molar-refractivity contribution in [2.45, 2.75) is 51.4 Å². The van der Waals surface area contributed by atoms with Gasteiger partial charge in [0, 0.05) is 26.2 Å². The average Bonchev–Trinajstić information content (AvgIpc) is 2.59. The smallest absolute Gasteiger partial charge is 0.152 e. The second-order valence-electron chi connectivity index (χ2n) is 7.82. The lowest BCUT2D eigenvalue weighted by atomic mass is 10.1. The van der Waals surface area contributed by atoms with Gasteiger partial charge >= 0.3 is 0 Å². The van der Waals surface area contributed by atoms with Crippen LogP contribution in [0.1, 0.15) is 51.4 Å². The molecule has 2 aliphatic heterocycles. The van der Waals surface area contributed by atoms with E-state index >= 15 is 0 Å². The second-order valence-corrected chi connectivity index (χ2v) is 12.4. The summed E-state index contributed by atoms with van der Waals surface area (Å²) >= 11 is 0. The predicted molar refractivity (Wildman–Crippen MR) is 107 cm³/mol. The van der Waals surface area contributed by atoms with Gasteiger partial charge in [-0.2, -0.15) is 0 Å². The summed E-state index contributed by atoms with van der Waals surface area (Å²) in [6.45, 7) is 4.94. The molecule has 0 amide bonds. The van der Waals surface area contributed by atoms with Gasteiger partial charge < -0.3 is 9.80 Å². The number of rotatable bonds is 11. The van der Waals surface area contributed by atoms with E-state index in [1.165, 1.54) is 51.4 Å². The van der Waals surface area contributed by atoms with Crippen molar-refractivity contribution in [3.8, 4) is 0 Å². The SMILES string of the molecule is O=S1(=O)CCN(CCCCCCCCCCN2CCS(=O)(=O)CC2)CC1. The van der Waals surface area contributed by atoms with Crippen LogP contribution in [0.3, 0.4) is 0 Å². The second kappa shape index (κ2) is 11.0. The lowest BCUT2D eigenvalue weighted by molar-refractivity contribution is 0.285. The van der Waals surface area contributed by atoms with E-state index in [-0.39, 0.29) is 0 Å². The molecule has 26 heavy (non-hydrogen) atoms. The fraction of sp³-hybridized carbons (Fsp3) is 1.00. The van der Waals surface area contributed by atoms with Gasteiger partial charge in [0.1, 0.15) is 0 Å². The first kappa shape index (κ1) is 22.1. The van der Waals surface area contributed by atoms with E-state index in [0.717, 1.165) is 13.1 Å². The van der Waals surface area contributed by atoms with E-state index in [1.807, 2.05) is 0 Å². The molecule has 2 heterocycles. The summed E-state index contributed by atoms with van der Waals surface area (Å²) in [6, 6.07) is 0. The van der Waals surface area contributed by atoms with Gasteiger partial charge in [-0.25, -0.2) is 16.8 Å². The highest BCUT2D eigenvalue weighted by atomic mass is 32.2. The van der Waals surface area contributed by atoms with Crippen LogP contribution in [0.4, 0.5) is 0 Å². The van der Waals surface area contributed by atoms with Gasteiger partial charge in [0.05, 0.1) is 23.0 Å². The minimum atomic E-state index is -2.75. The fourth-order valence-corrected chi connectivity index (χ4v) is 6.23. The molecule has 2 fully saturated rings. The summed E-state index contributed by atoms with van der Waals surface area (Å²) in [4.78, 5) is 4.57. The molecule has 2 saturated heterocycles. The third kappa shape index (κ3) is 9.15. The van der Waals surface area contributed by atoms with Gasteiger partial charge in [-0.3, -0.25) is 0 Å². The Labute approximate surface area is 160 Å². The molecule has 0 bridgehead atoms. The Kier molecular flexibility index (Phi) is 9.33. The highest BCUT2D eigenvalue weighted by Crippen LogP contribution is 2.12. The Morgan fingerprint density at radius 3 is 1.04 bits per heavy atom. The lowest BCUT2D eigenvalue weighted by Gasteiger charge is -2.26. The normalized spacial score (nSPS) is 23.8. The van der Waals surface area contributed by atoms with Crippen molar-refractivity contribution < 1.29 is 16.8 Å². The number of nitrogens with zero attached hydrogens (tertiary/aromatic N) is 2. The lowest BCUT2D eigenvalue weighted by Crippen LogP contribution is -2.40. The van der Waals surface area contributed by atoms with Crippen LogP contribution in [0, 0.1) is 0 Å². The monoisotopic (exact) mass is 408 g/mol. The van der Waals surface area contributed by atoms with Crippen molar-refractivity contribution in [3.05, 3.63) is 0 Å². The van der Waals surface area contributed by atoms with E-state index in [4.69, 9.17) is 0 Å². The predicted octanol–water partition coefficient (Wildman–Crippen LogP) is 1.57. The molecule has 0 aromatic heterocycles. The van der Waals surface area contributed by atoms with Crippen LogP contribution < -0.4 is 0 Å². The quantitative estimate of drug-likeness (QED) is 0.483. The first-order valence-electron chi connectivity index (χ1n) is 10.2. The van der Waals surface area contributed by atoms with E-state index in [1.54, 1.807) is 0 Å². The molecular formula is C18H36N2O4S2. The molecule has 0 aromatic carbocycles. The first-order valence-corrected chi connectivity index (χ1v) is 13.9. The van der Waals surface area contributed by atoms with Crippen molar-refractivity contribution in [3.63, 3.8) is 0 Å². The summed E-state index contributed by atoms with van der Waals surface area (Å²) in [5.74, 6) is 1.33. The molecule has 0 N–H and O–H groups in total. The zero-order valence-corrected chi connectivity index (χ0v) is 17.7. The van der Waals surface area contributed by atoms with E-state index in [9.17, 15) is 16.8 Å². The van der Waals surface area contributed by atoms with Crippen molar-refractivity contribution in [2.75, 3.05) is 62.3 Å². The number of sulfone groups is 2. The van der Waals surface area contributed by atoms with E-state index in [0.29, 0.717) is 49.2 Å². The first-order chi connectivity index (χ1) is 12.4. The summed E-state index contributed by atoms with van der Waals surface area (Å²) in [5.41, 5.74) is 0. The van der Waals surface area contributed by atoms with Crippen molar-refractivity contribution in [1.82, 2.24) is 9.80 Å². The van der Waals surface area contributed by atoms with Gasteiger partial charge in [0.25, 0.3) is 0 Å². The Morgan fingerprint density at radius 1 is 0.462 bits per heavy atom. The number of hydrogen-bond acceptors (Lipinski definition) is 6. The third-order valence-corrected chi connectivity index (χ3v) is 8.79. The zero-order chi connectivity index (χ0) is 18.9. The molecule has 0 spiro atoms. The highest BCUT2D eigenvalue weighted by Gasteiger charge is 2.21. The van der Waals surface area contributed by atoms with Crippen LogP contribution in [0.2, 0.25) is 0 Å². The van der Waals surface area contributed by atoms with Crippen LogP contribution >= 0.6 is 0 Å². The number of unbranched alkanes of at least 4 members (excludes halogenated alkanes) is 7. The summed E-state index contributed by atoms with van der Waals surface area (Å²) in [5, 5.41) is 0. The van der Waals surface area contributed by atoms with Crippen LogP contribution in [0.15, 0.2) is 0 Å². The topological polar surface area (TPSA) is 74.8 Å².